The van der Waals surface area contributed by atoms with E-state index in [1.165, 1.54) is 30.3 Å². The van der Waals surface area contributed by atoms with Gasteiger partial charge in [-0.3, -0.25) is 24.6 Å². The van der Waals surface area contributed by atoms with Crippen molar-refractivity contribution in [1.29, 1.82) is 0 Å². The number of aryl methyl sites for hydroxylation is 1. The van der Waals surface area contributed by atoms with Gasteiger partial charge in [0.2, 0.25) is 5.13 Å². The summed E-state index contributed by atoms with van der Waals surface area (Å²) in [7, 11) is 0. The molecule has 3 aromatic rings. The number of carbonyl (C=O) groups is 2. The molecule has 1 amide bonds. The average Bonchev–Trinajstić information content (AvgIpc) is 3.38. The maximum atomic E-state index is 13.2. The highest BCUT2D eigenvalue weighted by Gasteiger charge is 2.48. The molecule has 2 aliphatic heterocycles. The van der Waals surface area contributed by atoms with Crippen LogP contribution in [0.15, 0.2) is 48.0 Å². The first kappa shape index (κ1) is 21.5. The van der Waals surface area contributed by atoms with Crippen LogP contribution < -0.4 is 14.4 Å². The number of amides is 1. The summed E-state index contributed by atoms with van der Waals surface area (Å²) in [5, 5.41) is 31.2. The third-order valence-electron chi connectivity index (χ3n) is 5.38. The van der Waals surface area contributed by atoms with Gasteiger partial charge in [-0.15, -0.1) is 10.2 Å². The third kappa shape index (κ3) is 3.53. The zero-order chi connectivity index (χ0) is 24.0. The van der Waals surface area contributed by atoms with Gasteiger partial charge in [-0.1, -0.05) is 23.5 Å². The highest BCUT2D eigenvalue weighted by molar-refractivity contribution is 7.15. The van der Waals surface area contributed by atoms with Crippen molar-refractivity contribution in [2.45, 2.75) is 13.0 Å². The number of hydrogen-bond donors (Lipinski definition) is 1. The fourth-order valence-electron chi connectivity index (χ4n) is 3.88. The minimum absolute atomic E-state index is 0.136. The third-order valence-corrected chi connectivity index (χ3v) is 6.22. The van der Waals surface area contributed by atoms with E-state index < -0.39 is 28.4 Å². The summed E-state index contributed by atoms with van der Waals surface area (Å²) in [6.07, 6.45) is 0. The van der Waals surface area contributed by atoms with E-state index >= 15 is 0 Å². The Kier molecular flexibility index (Phi) is 5.21. The highest BCUT2D eigenvalue weighted by Crippen LogP contribution is 2.44. The van der Waals surface area contributed by atoms with Gasteiger partial charge < -0.3 is 14.6 Å². The number of anilines is 1. The van der Waals surface area contributed by atoms with Gasteiger partial charge in [-0.05, 0) is 30.7 Å². The van der Waals surface area contributed by atoms with Crippen LogP contribution in [0.3, 0.4) is 0 Å². The Morgan fingerprint density at radius 3 is 2.62 bits per heavy atom. The molecule has 0 saturated carbocycles. The number of non-ortho nitro benzene ring substituents is 1. The summed E-state index contributed by atoms with van der Waals surface area (Å²) in [5.41, 5.74) is 0.0392. The van der Waals surface area contributed by atoms with Crippen LogP contribution >= 0.6 is 11.3 Å². The summed E-state index contributed by atoms with van der Waals surface area (Å²) >= 11 is 1.08. The number of nitro groups is 1. The van der Waals surface area contributed by atoms with Gasteiger partial charge in [-0.25, -0.2) is 0 Å². The van der Waals surface area contributed by atoms with Crippen molar-refractivity contribution in [2.24, 2.45) is 0 Å². The molecule has 172 valence electrons. The van der Waals surface area contributed by atoms with Crippen LogP contribution in [0.25, 0.3) is 5.76 Å². The smallest absolute Gasteiger partial charge is 0.301 e. The molecule has 11 nitrogen and oxygen atoms in total. The number of nitro benzene ring substituents is 1. The molecular formula is C22H16N4O7S. The van der Waals surface area contributed by atoms with Crippen LogP contribution in [-0.2, 0) is 9.59 Å². The lowest BCUT2D eigenvalue weighted by Crippen LogP contribution is -2.29. The number of ketones is 1. The average molecular weight is 480 g/mol. The topological polar surface area (TPSA) is 145 Å². The first-order valence-electron chi connectivity index (χ1n) is 10.1. The molecule has 1 aromatic heterocycles. The van der Waals surface area contributed by atoms with Gasteiger partial charge in [0.15, 0.2) is 11.5 Å². The van der Waals surface area contributed by atoms with Crippen molar-refractivity contribution in [3.8, 4) is 11.5 Å². The van der Waals surface area contributed by atoms with Crippen molar-refractivity contribution in [2.75, 3.05) is 18.1 Å². The van der Waals surface area contributed by atoms with E-state index in [9.17, 15) is 24.8 Å². The Balaban J connectivity index is 1.71. The Bertz CT molecular complexity index is 1380. The van der Waals surface area contributed by atoms with Crippen molar-refractivity contribution in [3.63, 3.8) is 0 Å². The molecule has 0 radical (unpaired) electrons. The van der Waals surface area contributed by atoms with E-state index in [2.05, 4.69) is 10.2 Å². The molecule has 12 heteroatoms. The number of Topliss-reactive ketones (excluding diaryl/α,β-unsaturated/α-hetero) is 1. The summed E-state index contributed by atoms with van der Waals surface area (Å²) < 4.78 is 11.1. The van der Waals surface area contributed by atoms with Crippen LogP contribution in [0.5, 0.6) is 11.5 Å². The number of hydrogen-bond acceptors (Lipinski definition) is 10. The molecule has 1 saturated heterocycles. The zero-order valence-electron chi connectivity index (χ0n) is 17.6. The number of ether oxygens (including phenoxy) is 2. The van der Waals surface area contributed by atoms with Gasteiger partial charge >= 0.3 is 5.91 Å². The summed E-state index contributed by atoms with van der Waals surface area (Å²) in [4.78, 5) is 38.2. The molecule has 0 bridgehead atoms. The molecule has 0 spiro atoms. The predicted octanol–water partition coefficient (Wildman–Crippen LogP) is 3.15. The second-order valence-electron chi connectivity index (χ2n) is 7.48. The van der Waals surface area contributed by atoms with Crippen molar-refractivity contribution < 1.29 is 29.1 Å². The lowest BCUT2D eigenvalue weighted by Gasteiger charge is -2.23. The fourth-order valence-corrected chi connectivity index (χ4v) is 4.60. The second-order valence-corrected chi connectivity index (χ2v) is 8.64. The molecule has 1 atom stereocenters. The number of carbonyl (C=O) groups excluding carboxylic acids is 2. The summed E-state index contributed by atoms with van der Waals surface area (Å²) in [6, 6.07) is 9.04. The fraction of sp³-hybridized carbons (Fsp3) is 0.182. The largest absolute Gasteiger partial charge is 0.507 e. The lowest BCUT2D eigenvalue weighted by atomic mass is 9.95. The summed E-state index contributed by atoms with van der Waals surface area (Å²) in [6.45, 7) is 2.40. The zero-order valence-corrected chi connectivity index (χ0v) is 18.4. The SMILES string of the molecule is Cc1nnc(N2C(=O)C(=O)/C(=C(/O)c3ccc4c(c3)OCCO4)C2c2cccc([N+](=O)[O-])c2)s1. The number of rotatable bonds is 4. The maximum absolute atomic E-state index is 13.2. The molecule has 1 N–H and O–H groups in total. The molecule has 1 unspecified atom stereocenters. The Morgan fingerprint density at radius 1 is 1.15 bits per heavy atom. The molecule has 5 rings (SSSR count). The monoisotopic (exact) mass is 480 g/mol. The van der Waals surface area contributed by atoms with Crippen molar-refractivity contribution >= 4 is 39.6 Å². The summed E-state index contributed by atoms with van der Waals surface area (Å²) in [5.74, 6) is -1.45. The maximum Gasteiger partial charge on any atom is 0.301 e. The first-order chi connectivity index (χ1) is 16.3. The van der Waals surface area contributed by atoms with E-state index in [0.29, 0.717) is 29.7 Å². The van der Waals surface area contributed by atoms with Crippen molar-refractivity contribution in [3.05, 3.63) is 74.3 Å². The minimum atomic E-state index is -1.15. The van der Waals surface area contributed by atoms with Gasteiger partial charge in [0.1, 0.15) is 24.0 Å². The standard InChI is InChI=1S/C22H16N4O7S/c1-11-23-24-22(34-11)25-18(12-3-2-4-14(9-12)26(30)31)17(20(28)21(25)29)19(27)13-5-6-15-16(10-13)33-8-7-32-15/h2-6,9-10,18,27H,7-8H2,1H3/b19-17+. The predicted molar refractivity (Wildman–Crippen MR) is 120 cm³/mol. The van der Waals surface area contributed by atoms with E-state index in [-0.39, 0.29) is 27.5 Å². The Morgan fingerprint density at radius 2 is 1.91 bits per heavy atom. The normalized spacial score (nSPS) is 18.9. The number of aromatic nitrogens is 2. The number of aliphatic hydroxyl groups excluding tert-OH is 1. The molecule has 1 fully saturated rings. The molecule has 34 heavy (non-hydrogen) atoms. The molecular weight excluding hydrogens is 464 g/mol. The number of nitrogens with zero attached hydrogens (tertiary/aromatic N) is 4. The molecule has 2 aromatic carbocycles. The van der Waals surface area contributed by atoms with Crippen LogP contribution in [0, 0.1) is 17.0 Å². The lowest BCUT2D eigenvalue weighted by molar-refractivity contribution is -0.384. The quantitative estimate of drug-likeness (QED) is 0.196. The molecule has 0 aliphatic carbocycles. The van der Waals surface area contributed by atoms with Crippen LogP contribution in [0.2, 0.25) is 0 Å². The van der Waals surface area contributed by atoms with Crippen LogP contribution in [0.1, 0.15) is 22.2 Å². The number of benzene rings is 2. The van der Waals surface area contributed by atoms with Gasteiger partial charge in [0, 0.05) is 17.7 Å². The Labute approximate surface area is 196 Å². The van der Waals surface area contributed by atoms with E-state index in [1.54, 1.807) is 19.1 Å². The highest BCUT2D eigenvalue weighted by atomic mass is 32.1. The number of aliphatic hydroxyl groups is 1. The minimum Gasteiger partial charge on any atom is -0.507 e. The molecule has 2 aliphatic rings. The van der Waals surface area contributed by atoms with Crippen molar-refractivity contribution in [1.82, 2.24) is 10.2 Å². The second kappa shape index (κ2) is 8.23. The van der Waals surface area contributed by atoms with E-state index in [1.807, 2.05) is 0 Å². The van der Waals surface area contributed by atoms with Gasteiger partial charge in [0.25, 0.3) is 11.5 Å². The van der Waals surface area contributed by atoms with E-state index in [4.69, 9.17) is 9.47 Å². The Hall–Kier alpha value is -4.32. The van der Waals surface area contributed by atoms with Gasteiger partial charge in [-0.2, -0.15) is 0 Å². The number of fused-ring (bicyclic) bond motifs is 1. The van der Waals surface area contributed by atoms with Gasteiger partial charge in [0.05, 0.1) is 16.5 Å². The first-order valence-corrected chi connectivity index (χ1v) is 10.9. The van der Waals surface area contributed by atoms with Crippen LogP contribution in [-0.4, -0.2) is 45.1 Å². The molecule has 3 heterocycles. The van der Waals surface area contributed by atoms with E-state index in [0.717, 1.165) is 16.2 Å². The van der Waals surface area contributed by atoms with Crippen LogP contribution in [0.4, 0.5) is 10.8 Å².